The van der Waals surface area contributed by atoms with Crippen LogP contribution < -0.4 is 0 Å². The van der Waals surface area contributed by atoms with Gasteiger partial charge in [0.05, 0.1) is 58.6 Å². The van der Waals surface area contributed by atoms with Crippen molar-refractivity contribution in [1.29, 1.82) is 0 Å². The van der Waals surface area contributed by atoms with E-state index in [0.29, 0.717) is 12.8 Å². The van der Waals surface area contributed by atoms with Crippen LogP contribution in [0.1, 0.15) is 87.5 Å². The zero-order valence-electron chi connectivity index (χ0n) is 29.7. The van der Waals surface area contributed by atoms with Crippen molar-refractivity contribution in [2.45, 2.75) is 111 Å². The van der Waals surface area contributed by atoms with E-state index >= 15 is 0 Å². The normalized spacial score (nSPS) is 17.0. The van der Waals surface area contributed by atoms with Crippen molar-refractivity contribution in [2.75, 3.05) is 67.1 Å². The molecule has 0 atom stereocenters. The van der Waals surface area contributed by atoms with Gasteiger partial charge < -0.3 is 28.6 Å². The molecule has 0 unspecified atom stereocenters. The Balaban J connectivity index is 2.94. The average Bonchev–Trinajstić information content (AvgIpc) is 2.96. The monoisotopic (exact) mass is 642 g/mol. The lowest BCUT2D eigenvalue weighted by Gasteiger charge is -2.42. The van der Waals surface area contributed by atoms with Gasteiger partial charge in [-0.3, -0.25) is 24.1 Å². The number of Topliss-reactive ketones (excluding diaryl/α,β-unsaturated/α-hetero) is 3. The summed E-state index contributed by atoms with van der Waals surface area (Å²) in [5.41, 5.74) is -1.07. The third-order valence-corrected chi connectivity index (χ3v) is 8.50. The SMILES string of the molecule is CC(C)C(=O)CCOCC(COCCC(=O)C(C)C)(COCCC(=O)C(C)C)N(C)C(=O)COC1CC(OCN(C)C(C)C)C1. The van der Waals surface area contributed by atoms with Crippen molar-refractivity contribution in [1.82, 2.24) is 9.80 Å². The molecule has 0 aromatic rings. The molecule has 0 N–H and O–H groups in total. The minimum Gasteiger partial charge on any atom is -0.378 e. The Morgan fingerprint density at radius 1 is 0.644 bits per heavy atom. The molecule has 1 rings (SSSR count). The Morgan fingerprint density at radius 2 is 1.02 bits per heavy atom. The van der Waals surface area contributed by atoms with E-state index in [1.54, 1.807) is 7.05 Å². The summed E-state index contributed by atoms with van der Waals surface area (Å²) >= 11 is 0. The highest BCUT2D eigenvalue weighted by Crippen LogP contribution is 2.27. The van der Waals surface area contributed by atoms with E-state index in [-0.39, 0.29) is 119 Å². The van der Waals surface area contributed by atoms with E-state index in [1.165, 1.54) is 4.90 Å². The van der Waals surface area contributed by atoms with Gasteiger partial charge in [-0.25, -0.2) is 0 Å². The number of hydrogen-bond donors (Lipinski definition) is 0. The maximum atomic E-state index is 13.5. The van der Waals surface area contributed by atoms with E-state index in [2.05, 4.69) is 18.7 Å². The number of carbonyl (C=O) groups is 4. The second-order valence-corrected chi connectivity index (χ2v) is 13.6. The van der Waals surface area contributed by atoms with Gasteiger partial charge in [0.25, 0.3) is 0 Å². The second-order valence-electron chi connectivity index (χ2n) is 13.6. The third-order valence-electron chi connectivity index (χ3n) is 8.50. The first-order valence-electron chi connectivity index (χ1n) is 16.6. The summed E-state index contributed by atoms with van der Waals surface area (Å²) < 4.78 is 29.8. The van der Waals surface area contributed by atoms with Crippen molar-refractivity contribution in [3.05, 3.63) is 0 Å². The fourth-order valence-electron chi connectivity index (χ4n) is 4.30. The summed E-state index contributed by atoms with van der Waals surface area (Å²) in [6.45, 7) is 16.4. The zero-order valence-corrected chi connectivity index (χ0v) is 29.7. The number of amides is 1. The molecule has 1 aliphatic rings. The quantitative estimate of drug-likeness (QED) is 0.101. The molecule has 1 fully saturated rings. The summed E-state index contributed by atoms with van der Waals surface area (Å²) in [6.07, 6.45) is 2.23. The highest BCUT2D eigenvalue weighted by molar-refractivity contribution is 5.81. The molecule has 11 nitrogen and oxygen atoms in total. The largest absolute Gasteiger partial charge is 0.378 e. The van der Waals surface area contributed by atoms with Gasteiger partial charge >= 0.3 is 0 Å². The molecule has 1 aliphatic carbocycles. The third kappa shape index (κ3) is 15.6. The number of nitrogens with zero attached hydrogens (tertiary/aromatic N) is 2. The van der Waals surface area contributed by atoms with E-state index < -0.39 is 5.54 Å². The van der Waals surface area contributed by atoms with Crippen molar-refractivity contribution >= 4 is 23.3 Å². The number of likely N-dealkylation sites (N-methyl/N-ethyl adjacent to an activating group) is 1. The Labute approximate surface area is 272 Å². The molecule has 0 radical (unpaired) electrons. The standard InChI is InChI=1S/C34H62N2O9/c1-24(2)30(37)11-14-41-20-34(21-42-15-12-31(38)25(3)4,22-43-16-13-32(39)26(5)6)36(10)33(40)19-44-28-17-29(18-28)45-23-35(9)27(7)8/h24-29H,11-23H2,1-10H3. The fraction of sp³-hybridized carbons (Fsp3) is 0.882. The Kier molecular flexibility index (Phi) is 19.4. The van der Waals surface area contributed by atoms with E-state index in [1.807, 2.05) is 48.6 Å². The number of ether oxygens (including phenoxy) is 5. The minimum absolute atomic E-state index is 0.0413. The van der Waals surface area contributed by atoms with Gasteiger partial charge in [0.1, 0.15) is 29.5 Å². The lowest BCUT2D eigenvalue weighted by atomic mass is 9.92. The van der Waals surface area contributed by atoms with Gasteiger partial charge in [-0.1, -0.05) is 41.5 Å². The molecule has 0 aromatic heterocycles. The second kappa shape index (κ2) is 21.2. The van der Waals surface area contributed by atoms with E-state index in [9.17, 15) is 19.2 Å². The summed E-state index contributed by atoms with van der Waals surface area (Å²) in [6, 6.07) is 0.393. The maximum Gasteiger partial charge on any atom is 0.249 e. The van der Waals surface area contributed by atoms with E-state index in [4.69, 9.17) is 23.7 Å². The Hall–Kier alpha value is -1.76. The van der Waals surface area contributed by atoms with Crippen LogP contribution in [0.25, 0.3) is 0 Å². The van der Waals surface area contributed by atoms with Crippen LogP contribution in [0.2, 0.25) is 0 Å². The Bertz CT molecular complexity index is 831. The summed E-state index contributed by atoms with van der Waals surface area (Å²) in [5.74, 6) is -0.315. The van der Waals surface area contributed by atoms with Crippen molar-refractivity contribution < 1.29 is 42.9 Å². The maximum absolute atomic E-state index is 13.5. The van der Waals surface area contributed by atoms with Crippen LogP contribution in [0, 0.1) is 17.8 Å². The van der Waals surface area contributed by atoms with Crippen LogP contribution in [0.5, 0.6) is 0 Å². The number of carbonyl (C=O) groups excluding carboxylic acids is 4. The predicted molar refractivity (Wildman–Crippen MR) is 173 cm³/mol. The molecule has 0 aliphatic heterocycles. The molecule has 11 heteroatoms. The fourth-order valence-corrected chi connectivity index (χ4v) is 4.30. The molecule has 45 heavy (non-hydrogen) atoms. The topological polar surface area (TPSA) is 121 Å². The summed E-state index contributed by atoms with van der Waals surface area (Å²) in [7, 11) is 3.68. The highest BCUT2D eigenvalue weighted by Gasteiger charge is 2.40. The van der Waals surface area contributed by atoms with Crippen LogP contribution in [0.3, 0.4) is 0 Å². The summed E-state index contributed by atoms with van der Waals surface area (Å²) in [5, 5.41) is 0. The van der Waals surface area contributed by atoms with Gasteiger partial charge in [-0.15, -0.1) is 0 Å². The summed E-state index contributed by atoms with van der Waals surface area (Å²) in [4.78, 5) is 53.8. The molecular weight excluding hydrogens is 580 g/mol. The van der Waals surface area contributed by atoms with Crippen LogP contribution in [-0.4, -0.2) is 124 Å². The highest BCUT2D eigenvalue weighted by atomic mass is 16.5. The van der Waals surface area contributed by atoms with Crippen LogP contribution in [0.15, 0.2) is 0 Å². The first-order chi connectivity index (χ1) is 21.1. The van der Waals surface area contributed by atoms with E-state index in [0.717, 1.165) is 12.8 Å². The van der Waals surface area contributed by atoms with Gasteiger partial charge in [0, 0.05) is 62.9 Å². The lowest BCUT2D eigenvalue weighted by Crippen LogP contribution is -2.60. The van der Waals surface area contributed by atoms with Gasteiger partial charge in [0.2, 0.25) is 5.91 Å². The van der Waals surface area contributed by atoms with Gasteiger partial charge in [0.15, 0.2) is 0 Å². The van der Waals surface area contributed by atoms with Gasteiger partial charge in [-0.05, 0) is 20.9 Å². The molecule has 1 amide bonds. The molecule has 0 bridgehead atoms. The first kappa shape index (κ1) is 41.3. The molecule has 0 saturated heterocycles. The van der Waals surface area contributed by atoms with Crippen LogP contribution >= 0.6 is 0 Å². The van der Waals surface area contributed by atoms with Gasteiger partial charge in [-0.2, -0.15) is 0 Å². The first-order valence-corrected chi connectivity index (χ1v) is 16.6. The smallest absolute Gasteiger partial charge is 0.249 e. The Morgan fingerprint density at radius 3 is 1.38 bits per heavy atom. The molecule has 262 valence electrons. The predicted octanol–water partition coefficient (Wildman–Crippen LogP) is 3.94. The molecular formula is C34H62N2O9. The lowest BCUT2D eigenvalue weighted by molar-refractivity contribution is -0.164. The average molecular weight is 643 g/mol. The number of rotatable bonds is 26. The number of ketones is 3. The van der Waals surface area contributed by atoms with Crippen molar-refractivity contribution in [3.63, 3.8) is 0 Å². The molecule has 0 heterocycles. The molecule has 0 aromatic carbocycles. The minimum atomic E-state index is -1.07. The van der Waals surface area contributed by atoms with Crippen molar-refractivity contribution in [2.24, 2.45) is 17.8 Å². The number of hydrogen-bond acceptors (Lipinski definition) is 10. The molecule has 1 saturated carbocycles. The van der Waals surface area contributed by atoms with Crippen LogP contribution in [-0.2, 0) is 42.9 Å². The zero-order chi connectivity index (χ0) is 34.2. The van der Waals surface area contributed by atoms with Crippen molar-refractivity contribution in [3.8, 4) is 0 Å². The van der Waals surface area contributed by atoms with Crippen LogP contribution in [0.4, 0.5) is 0 Å². The molecule has 0 spiro atoms.